The number of ether oxygens (including phenoxy) is 1. The molecule has 1 aromatic rings. The molecule has 7 heteroatoms. The van der Waals surface area contributed by atoms with E-state index in [-0.39, 0.29) is 22.6 Å². The summed E-state index contributed by atoms with van der Waals surface area (Å²) in [4.78, 5) is 11.1. The Morgan fingerprint density at radius 3 is 2.62 bits per heavy atom. The number of hydrogen-bond donors (Lipinski definition) is 2. The molecule has 0 amide bonds. The number of methoxy groups -OCH3 is 1. The number of carboxylic acid groups (broad SMARTS) is 1. The number of hydrogen-bond acceptors (Lipinski definition) is 4. The van der Waals surface area contributed by atoms with Crippen LogP contribution >= 0.6 is 0 Å². The van der Waals surface area contributed by atoms with Crippen molar-refractivity contribution in [1.29, 1.82) is 0 Å². The lowest BCUT2D eigenvalue weighted by Gasteiger charge is -2.34. The van der Waals surface area contributed by atoms with Gasteiger partial charge in [0.2, 0.25) is 10.0 Å². The van der Waals surface area contributed by atoms with Gasteiger partial charge in [0.1, 0.15) is 0 Å². The minimum atomic E-state index is -3.72. The largest absolute Gasteiger partial charge is 0.478 e. The van der Waals surface area contributed by atoms with Crippen molar-refractivity contribution in [2.75, 3.05) is 7.11 Å². The highest BCUT2D eigenvalue weighted by atomic mass is 32.2. The van der Waals surface area contributed by atoms with Gasteiger partial charge < -0.3 is 9.84 Å². The Morgan fingerprint density at radius 1 is 1.43 bits per heavy atom. The third kappa shape index (κ3) is 3.42. The smallest absolute Gasteiger partial charge is 0.335 e. The summed E-state index contributed by atoms with van der Waals surface area (Å²) in [5, 5.41) is 9.01. The number of aromatic carboxylic acids is 1. The second kappa shape index (κ2) is 6.13. The number of sulfonamides is 1. The van der Waals surface area contributed by atoms with E-state index in [2.05, 4.69) is 4.72 Å². The van der Waals surface area contributed by atoms with E-state index in [1.54, 1.807) is 13.2 Å². The number of benzene rings is 1. The maximum atomic E-state index is 12.4. The Kier molecular flexibility index (Phi) is 4.65. The van der Waals surface area contributed by atoms with Crippen molar-refractivity contribution in [3.63, 3.8) is 0 Å². The fraction of sp³-hybridized carbons (Fsp3) is 0.500. The van der Waals surface area contributed by atoms with E-state index in [1.807, 2.05) is 6.92 Å². The molecule has 0 heterocycles. The van der Waals surface area contributed by atoms with Crippen LogP contribution in [0.2, 0.25) is 0 Å². The molecule has 6 nitrogen and oxygen atoms in total. The second-order valence-corrected chi connectivity index (χ2v) is 6.81. The van der Waals surface area contributed by atoms with Gasteiger partial charge in [-0.05, 0) is 37.0 Å². The van der Waals surface area contributed by atoms with Crippen LogP contribution in [0.5, 0.6) is 0 Å². The van der Waals surface area contributed by atoms with Gasteiger partial charge in [-0.25, -0.2) is 17.9 Å². The summed E-state index contributed by atoms with van der Waals surface area (Å²) in [6, 6.07) is 4.04. The summed E-state index contributed by atoms with van der Waals surface area (Å²) >= 11 is 0. The van der Waals surface area contributed by atoms with Crippen molar-refractivity contribution in [1.82, 2.24) is 4.72 Å². The van der Waals surface area contributed by atoms with Crippen molar-refractivity contribution in [3.8, 4) is 0 Å². The minimum absolute atomic E-state index is 0.0315. The maximum Gasteiger partial charge on any atom is 0.335 e. The molecule has 1 saturated carbocycles. The van der Waals surface area contributed by atoms with E-state index < -0.39 is 16.0 Å². The summed E-state index contributed by atoms with van der Waals surface area (Å²) in [6.45, 7) is 1.83. The van der Waals surface area contributed by atoms with E-state index in [9.17, 15) is 13.2 Å². The molecule has 1 fully saturated rings. The van der Waals surface area contributed by atoms with E-state index in [1.165, 1.54) is 12.1 Å². The molecule has 0 saturated heterocycles. The number of carboxylic acids is 1. The molecule has 21 heavy (non-hydrogen) atoms. The topological polar surface area (TPSA) is 92.7 Å². The molecule has 0 radical (unpaired) electrons. The molecule has 0 bridgehead atoms. The van der Waals surface area contributed by atoms with Crippen LogP contribution in [-0.4, -0.2) is 38.7 Å². The van der Waals surface area contributed by atoms with Gasteiger partial charge in [0.15, 0.2) is 0 Å². The zero-order chi connectivity index (χ0) is 15.6. The molecule has 1 aromatic carbocycles. The molecule has 0 aromatic heterocycles. The van der Waals surface area contributed by atoms with Crippen LogP contribution in [0.4, 0.5) is 0 Å². The van der Waals surface area contributed by atoms with Crippen LogP contribution in [0.3, 0.4) is 0 Å². The Balaban J connectivity index is 2.26. The third-order valence-electron chi connectivity index (χ3n) is 3.73. The summed E-state index contributed by atoms with van der Waals surface area (Å²) < 4.78 is 32.6. The standard InChI is InChI=1S/C14H19NO5S/c1-3-9-4-5-10(14(16)17)6-13(9)21(18,19)15-11-7-12(8-11)20-2/h4-6,11-12,15H,3,7-8H2,1-2H3,(H,16,17). The van der Waals surface area contributed by atoms with Gasteiger partial charge in [0.25, 0.3) is 0 Å². The van der Waals surface area contributed by atoms with Crippen LogP contribution in [-0.2, 0) is 21.2 Å². The second-order valence-electron chi connectivity index (χ2n) is 5.13. The lowest BCUT2D eigenvalue weighted by atomic mass is 9.90. The van der Waals surface area contributed by atoms with Crippen molar-refractivity contribution >= 4 is 16.0 Å². The van der Waals surface area contributed by atoms with Gasteiger partial charge in [-0.2, -0.15) is 0 Å². The predicted molar refractivity (Wildman–Crippen MR) is 76.9 cm³/mol. The van der Waals surface area contributed by atoms with E-state index in [0.29, 0.717) is 24.8 Å². The van der Waals surface area contributed by atoms with Crippen LogP contribution in [0, 0.1) is 0 Å². The van der Waals surface area contributed by atoms with Crippen LogP contribution in [0.15, 0.2) is 23.1 Å². The van der Waals surface area contributed by atoms with Crippen molar-refractivity contribution in [2.24, 2.45) is 0 Å². The molecule has 0 unspecified atom stereocenters. The average Bonchev–Trinajstić information content (AvgIpc) is 2.41. The highest BCUT2D eigenvalue weighted by molar-refractivity contribution is 7.89. The van der Waals surface area contributed by atoms with Gasteiger partial charge >= 0.3 is 5.97 Å². The molecule has 1 aliphatic rings. The highest BCUT2D eigenvalue weighted by Crippen LogP contribution is 2.26. The molecule has 0 spiro atoms. The van der Waals surface area contributed by atoms with Gasteiger partial charge in [-0.15, -0.1) is 0 Å². The molecular formula is C14H19NO5S. The molecule has 116 valence electrons. The normalized spacial score (nSPS) is 21.8. The first kappa shape index (κ1) is 15.9. The van der Waals surface area contributed by atoms with Crippen molar-refractivity contribution in [3.05, 3.63) is 29.3 Å². The minimum Gasteiger partial charge on any atom is -0.478 e. The zero-order valence-electron chi connectivity index (χ0n) is 12.0. The number of aryl methyl sites for hydroxylation is 1. The number of carbonyl (C=O) groups is 1. The fourth-order valence-electron chi connectivity index (χ4n) is 2.37. The summed E-state index contributed by atoms with van der Waals surface area (Å²) in [7, 11) is -2.12. The maximum absolute atomic E-state index is 12.4. The van der Waals surface area contributed by atoms with Crippen LogP contribution < -0.4 is 4.72 Å². The van der Waals surface area contributed by atoms with E-state index in [0.717, 1.165) is 0 Å². The quantitative estimate of drug-likeness (QED) is 0.828. The fourth-order valence-corrected chi connectivity index (χ4v) is 3.96. The van der Waals surface area contributed by atoms with Gasteiger partial charge in [-0.3, -0.25) is 0 Å². The lowest BCUT2D eigenvalue weighted by molar-refractivity contribution is 0.0236. The van der Waals surface area contributed by atoms with Crippen molar-refractivity contribution < 1.29 is 23.1 Å². The monoisotopic (exact) mass is 313 g/mol. The summed E-state index contributed by atoms with van der Waals surface area (Å²) in [5.41, 5.74) is 0.575. The number of nitrogens with one attached hydrogen (secondary N) is 1. The zero-order valence-corrected chi connectivity index (χ0v) is 12.8. The first-order valence-corrected chi connectivity index (χ1v) is 8.27. The lowest BCUT2D eigenvalue weighted by Crippen LogP contribution is -2.47. The summed E-state index contributed by atoms with van der Waals surface area (Å²) in [6.07, 6.45) is 1.88. The number of rotatable bonds is 6. The summed E-state index contributed by atoms with van der Waals surface area (Å²) in [5.74, 6) is -1.14. The Labute approximate surface area is 124 Å². The third-order valence-corrected chi connectivity index (χ3v) is 5.34. The Bertz CT molecular complexity index is 635. The SMILES string of the molecule is CCc1ccc(C(=O)O)cc1S(=O)(=O)NC1CC(OC)C1. The molecule has 2 N–H and O–H groups in total. The molecule has 0 atom stereocenters. The molecule has 0 aliphatic heterocycles. The average molecular weight is 313 g/mol. The highest BCUT2D eigenvalue weighted by Gasteiger charge is 2.33. The van der Waals surface area contributed by atoms with E-state index >= 15 is 0 Å². The Hall–Kier alpha value is -1.44. The molecular weight excluding hydrogens is 294 g/mol. The first-order chi connectivity index (χ1) is 9.87. The molecule has 2 rings (SSSR count). The van der Waals surface area contributed by atoms with Crippen LogP contribution in [0.25, 0.3) is 0 Å². The molecule has 1 aliphatic carbocycles. The predicted octanol–water partition coefficient (Wildman–Crippen LogP) is 1.40. The van der Waals surface area contributed by atoms with E-state index in [4.69, 9.17) is 9.84 Å². The van der Waals surface area contributed by atoms with Crippen molar-refractivity contribution in [2.45, 2.75) is 43.2 Å². The Morgan fingerprint density at radius 2 is 2.10 bits per heavy atom. The first-order valence-electron chi connectivity index (χ1n) is 6.78. The van der Waals surface area contributed by atoms with Crippen LogP contribution in [0.1, 0.15) is 35.7 Å². The van der Waals surface area contributed by atoms with Gasteiger partial charge in [0.05, 0.1) is 16.6 Å². The van der Waals surface area contributed by atoms with Gasteiger partial charge in [-0.1, -0.05) is 13.0 Å². The van der Waals surface area contributed by atoms with Gasteiger partial charge in [0, 0.05) is 13.2 Å².